The topological polar surface area (TPSA) is 102 Å². The number of phenols is 2. The van der Waals surface area contributed by atoms with E-state index in [-0.39, 0.29) is 29.4 Å². The van der Waals surface area contributed by atoms with Crippen molar-refractivity contribution in [3.63, 3.8) is 0 Å². The maximum absolute atomic E-state index is 12.9. The molecule has 0 saturated heterocycles. The van der Waals surface area contributed by atoms with E-state index in [0.29, 0.717) is 23.8 Å². The summed E-state index contributed by atoms with van der Waals surface area (Å²) in [5.41, 5.74) is 1.81. The molecule has 2 atom stereocenters. The van der Waals surface area contributed by atoms with Gasteiger partial charge < -0.3 is 20.3 Å². The Morgan fingerprint density at radius 1 is 0.930 bits per heavy atom. The van der Waals surface area contributed by atoms with Crippen LogP contribution in [0.1, 0.15) is 88.2 Å². The highest BCUT2D eigenvalue weighted by molar-refractivity contribution is 5.72. The molecular weight excluding hydrogens is 575 g/mol. The van der Waals surface area contributed by atoms with Crippen LogP contribution in [0.5, 0.6) is 17.2 Å². The van der Waals surface area contributed by atoms with Gasteiger partial charge in [-0.3, -0.25) is 5.21 Å². The minimum absolute atomic E-state index is 0.0269. The molecule has 240 valence electrons. The molecule has 0 saturated carbocycles. The third-order valence-electron chi connectivity index (χ3n) is 8.15. The molecule has 2 aromatic carbocycles. The Morgan fingerprint density at radius 3 is 2.19 bits per heavy atom. The summed E-state index contributed by atoms with van der Waals surface area (Å²) in [5, 5.41) is 32.0. The summed E-state index contributed by atoms with van der Waals surface area (Å²) in [6.45, 7) is 2.24. The van der Waals surface area contributed by atoms with Gasteiger partial charge in [0.25, 0.3) is 0 Å². The molecule has 12 heteroatoms. The standard InChI is InChI=1S/C31H41F5N2O5/c1-29(22-11-13-23(39)14-12-22)21-43-27-20-24(40)15-16-25(27)26(29)10-7-5-3-2-4-6-8-19-38(42)28(41)37-18-9-17-30(32,33)31(34,35)36/h11-16,20,26,39-40,42H,2-10,17-19,21H2,1H3,(H,37,41). The van der Waals surface area contributed by atoms with Gasteiger partial charge in [-0.2, -0.15) is 22.0 Å². The lowest BCUT2D eigenvalue weighted by Gasteiger charge is -2.43. The lowest BCUT2D eigenvalue weighted by molar-refractivity contribution is -0.284. The molecule has 0 fully saturated rings. The van der Waals surface area contributed by atoms with Gasteiger partial charge in [0.2, 0.25) is 0 Å². The number of rotatable bonds is 15. The van der Waals surface area contributed by atoms with Crippen LogP contribution in [0.4, 0.5) is 26.7 Å². The zero-order valence-corrected chi connectivity index (χ0v) is 24.3. The number of amides is 2. The number of urea groups is 1. The molecule has 0 spiro atoms. The molecular formula is C31H41F5N2O5. The van der Waals surface area contributed by atoms with Gasteiger partial charge in [0, 0.05) is 30.4 Å². The number of aromatic hydroxyl groups is 2. The number of hydrogen-bond acceptors (Lipinski definition) is 5. The molecule has 0 bridgehead atoms. The number of halogens is 5. The number of benzene rings is 2. The number of nitrogens with zero attached hydrogens (tertiary/aromatic N) is 1. The molecule has 0 aliphatic carbocycles. The Kier molecular flexibility index (Phi) is 11.9. The Bertz CT molecular complexity index is 1180. The van der Waals surface area contributed by atoms with Crippen molar-refractivity contribution in [3.05, 3.63) is 53.6 Å². The molecule has 2 unspecified atom stereocenters. The van der Waals surface area contributed by atoms with Crippen molar-refractivity contribution in [1.29, 1.82) is 0 Å². The van der Waals surface area contributed by atoms with E-state index >= 15 is 0 Å². The predicted octanol–water partition coefficient (Wildman–Crippen LogP) is 8.03. The largest absolute Gasteiger partial charge is 0.508 e. The normalized spacial score (nSPS) is 18.5. The van der Waals surface area contributed by atoms with Crippen molar-refractivity contribution in [2.45, 2.75) is 94.6 Å². The highest BCUT2D eigenvalue weighted by Crippen LogP contribution is 2.49. The Balaban J connectivity index is 1.34. The van der Waals surface area contributed by atoms with Crippen LogP contribution in [-0.4, -0.2) is 58.3 Å². The van der Waals surface area contributed by atoms with Gasteiger partial charge in [-0.1, -0.05) is 63.6 Å². The van der Waals surface area contributed by atoms with Crippen LogP contribution >= 0.6 is 0 Å². The molecule has 3 rings (SSSR count). The summed E-state index contributed by atoms with van der Waals surface area (Å²) in [5.74, 6) is -3.61. The van der Waals surface area contributed by atoms with Crippen LogP contribution in [0.2, 0.25) is 0 Å². The van der Waals surface area contributed by atoms with E-state index in [0.717, 1.165) is 56.1 Å². The quantitative estimate of drug-likeness (QED) is 0.0702. The first-order valence-corrected chi connectivity index (χ1v) is 14.7. The van der Waals surface area contributed by atoms with E-state index in [1.807, 2.05) is 18.2 Å². The predicted molar refractivity (Wildman–Crippen MR) is 151 cm³/mol. The highest BCUT2D eigenvalue weighted by Gasteiger charge is 2.56. The lowest BCUT2D eigenvalue weighted by atomic mass is 9.66. The van der Waals surface area contributed by atoms with Gasteiger partial charge in [0.15, 0.2) is 0 Å². The molecule has 43 heavy (non-hydrogen) atoms. The van der Waals surface area contributed by atoms with Crippen LogP contribution in [0.15, 0.2) is 42.5 Å². The van der Waals surface area contributed by atoms with Gasteiger partial charge in [0.1, 0.15) is 17.2 Å². The minimum atomic E-state index is -5.63. The first-order valence-electron chi connectivity index (χ1n) is 14.7. The first-order chi connectivity index (χ1) is 20.2. The molecule has 0 aromatic heterocycles. The summed E-state index contributed by atoms with van der Waals surface area (Å²) in [4.78, 5) is 11.8. The van der Waals surface area contributed by atoms with Crippen LogP contribution in [0.25, 0.3) is 0 Å². The summed E-state index contributed by atoms with van der Waals surface area (Å²) in [6, 6.07) is 11.5. The van der Waals surface area contributed by atoms with Crippen molar-refractivity contribution in [3.8, 4) is 17.2 Å². The van der Waals surface area contributed by atoms with E-state index in [1.54, 1.807) is 24.3 Å². The monoisotopic (exact) mass is 616 g/mol. The fourth-order valence-electron chi connectivity index (χ4n) is 5.54. The highest BCUT2D eigenvalue weighted by atomic mass is 19.4. The first kappa shape index (κ1) is 34.2. The molecule has 1 heterocycles. The number of carbonyl (C=O) groups is 1. The number of unbranched alkanes of at least 4 members (excludes halogenated alkanes) is 6. The van der Waals surface area contributed by atoms with Crippen molar-refractivity contribution in [2.75, 3.05) is 19.7 Å². The van der Waals surface area contributed by atoms with Crippen molar-refractivity contribution in [1.82, 2.24) is 10.4 Å². The zero-order valence-electron chi connectivity index (χ0n) is 24.3. The van der Waals surface area contributed by atoms with Crippen LogP contribution in [0, 0.1) is 0 Å². The summed E-state index contributed by atoms with van der Waals surface area (Å²) in [7, 11) is 0. The summed E-state index contributed by atoms with van der Waals surface area (Å²) in [6.07, 6.45) is -0.570. The van der Waals surface area contributed by atoms with Gasteiger partial charge >= 0.3 is 18.1 Å². The fourth-order valence-corrected chi connectivity index (χ4v) is 5.54. The van der Waals surface area contributed by atoms with Crippen molar-refractivity contribution < 1.29 is 46.9 Å². The number of alkyl halides is 5. The maximum atomic E-state index is 12.9. The third-order valence-corrected chi connectivity index (χ3v) is 8.15. The van der Waals surface area contributed by atoms with Crippen molar-refractivity contribution >= 4 is 6.03 Å². The number of phenolic OH excluding ortho intramolecular Hbond substituents is 2. The Morgan fingerprint density at radius 2 is 1.53 bits per heavy atom. The second-order valence-electron chi connectivity index (χ2n) is 11.5. The molecule has 1 aliphatic rings. The molecule has 4 N–H and O–H groups in total. The lowest BCUT2D eigenvalue weighted by Crippen LogP contribution is -2.40. The van der Waals surface area contributed by atoms with Crippen LogP contribution in [-0.2, 0) is 5.41 Å². The smallest absolute Gasteiger partial charge is 0.453 e. The molecule has 7 nitrogen and oxygen atoms in total. The van der Waals surface area contributed by atoms with Crippen LogP contribution < -0.4 is 10.1 Å². The zero-order chi connectivity index (χ0) is 31.7. The average Bonchev–Trinajstić information content (AvgIpc) is 2.94. The van der Waals surface area contributed by atoms with E-state index in [1.165, 1.54) is 0 Å². The van der Waals surface area contributed by atoms with E-state index in [2.05, 4.69) is 12.2 Å². The SMILES string of the molecule is CC1(c2ccc(O)cc2)COc2cc(O)ccc2C1CCCCCCCCCN(O)C(=O)NCCCC(F)(F)C(F)(F)F. The van der Waals surface area contributed by atoms with Gasteiger partial charge in [-0.05, 0) is 48.6 Å². The molecule has 0 radical (unpaired) electrons. The van der Waals surface area contributed by atoms with Crippen LogP contribution in [0.3, 0.4) is 0 Å². The molecule has 2 amide bonds. The van der Waals surface area contributed by atoms with Gasteiger partial charge in [0.05, 0.1) is 13.2 Å². The summed E-state index contributed by atoms with van der Waals surface area (Å²) < 4.78 is 68.3. The van der Waals surface area contributed by atoms with E-state index < -0.39 is 37.5 Å². The number of carbonyl (C=O) groups excluding carboxylic acids is 1. The number of fused-ring (bicyclic) bond motifs is 1. The Hall–Kier alpha value is -3.28. The second-order valence-corrected chi connectivity index (χ2v) is 11.5. The average molecular weight is 617 g/mol. The third kappa shape index (κ3) is 9.35. The van der Waals surface area contributed by atoms with E-state index in [9.17, 15) is 42.2 Å². The van der Waals surface area contributed by atoms with Gasteiger partial charge in [-0.15, -0.1) is 0 Å². The molecule has 1 aliphatic heterocycles. The summed E-state index contributed by atoms with van der Waals surface area (Å²) >= 11 is 0. The van der Waals surface area contributed by atoms with E-state index in [4.69, 9.17) is 4.74 Å². The second kappa shape index (κ2) is 14.9. The van der Waals surface area contributed by atoms with Crippen molar-refractivity contribution in [2.24, 2.45) is 0 Å². The Labute approximate surface area is 248 Å². The number of hydrogen-bond donors (Lipinski definition) is 4. The molecule has 2 aromatic rings. The minimum Gasteiger partial charge on any atom is -0.508 e. The number of hydroxylamine groups is 2. The van der Waals surface area contributed by atoms with Gasteiger partial charge in [-0.25, -0.2) is 9.86 Å². The maximum Gasteiger partial charge on any atom is 0.453 e. The number of ether oxygens (including phenoxy) is 1. The fraction of sp³-hybridized carbons (Fsp3) is 0.581. The number of nitrogens with one attached hydrogen (secondary N) is 1.